The van der Waals surface area contributed by atoms with E-state index >= 15 is 0 Å². The van der Waals surface area contributed by atoms with Crippen LogP contribution in [0, 0.1) is 5.82 Å². The molecule has 0 spiro atoms. The van der Waals surface area contributed by atoms with Crippen LogP contribution in [0.2, 0.25) is 0 Å². The van der Waals surface area contributed by atoms with E-state index in [1.54, 1.807) is 22.8 Å². The number of aromatic nitrogens is 5. The highest BCUT2D eigenvalue weighted by atomic mass is 19.1. The summed E-state index contributed by atoms with van der Waals surface area (Å²) in [6, 6.07) is 9.76. The molecule has 8 heteroatoms. The number of anilines is 1. The van der Waals surface area contributed by atoms with Crippen molar-refractivity contribution in [2.45, 2.75) is 31.7 Å². The van der Waals surface area contributed by atoms with Crippen molar-refractivity contribution < 1.29 is 8.91 Å². The smallest absolute Gasteiger partial charge is 0.248 e. The minimum Gasteiger partial charge on any atom is -0.358 e. The van der Waals surface area contributed by atoms with Gasteiger partial charge in [0.15, 0.2) is 11.5 Å². The third-order valence-electron chi connectivity index (χ3n) is 4.63. The average molecular weight is 364 g/mol. The van der Waals surface area contributed by atoms with Crippen molar-refractivity contribution in [3.63, 3.8) is 0 Å². The number of rotatable bonds is 5. The van der Waals surface area contributed by atoms with Crippen LogP contribution in [-0.4, -0.2) is 24.7 Å². The lowest BCUT2D eigenvalue weighted by molar-refractivity contribution is 0.362. The topological polar surface area (TPSA) is 81.1 Å². The molecule has 0 radical (unpaired) electrons. The SMILES string of the molecule is C[C@@H](Nc1cc(-c2ccc(F)cc2)nc2ccnn12)c1nc(C2CC2)no1. The lowest BCUT2D eigenvalue weighted by Crippen LogP contribution is -2.11. The highest BCUT2D eigenvalue weighted by Crippen LogP contribution is 2.38. The number of halogens is 1. The van der Waals surface area contributed by atoms with Gasteiger partial charge >= 0.3 is 0 Å². The van der Waals surface area contributed by atoms with Crippen LogP contribution in [-0.2, 0) is 0 Å². The molecule has 7 nitrogen and oxygen atoms in total. The van der Waals surface area contributed by atoms with Crippen LogP contribution in [0.4, 0.5) is 10.2 Å². The van der Waals surface area contributed by atoms with Gasteiger partial charge in [-0.15, -0.1) is 0 Å². The standard InChI is InChI=1S/C19H17FN6O/c1-11(19-24-18(25-27-19)13-2-3-13)22-17-10-15(12-4-6-14(20)7-5-12)23-16-8-9-21-26(16)17/h4-11,13,22H,2-3H2,1H3/t11-/m1/s1. The molecule has 0 amide bonds. The largest absolute Gasteiger partial charge is 0.358 e. The first-order chi connectivity index (χ1) is 13.2. The summed E-state index contributed by atoms with van der Waals surface area (Å²) < 4.78 is 20.4. The molecule has 0 bridgehead atoms. The van der Waals surface area contributed by atoms with Gasteiger partial charge in [0, 0.05) is 23.6 Å². The van der Waals surface area contributed by atoms with Crippen molar-refractivity contribution in [3.05, 3.63) is 60.1 Å². The quantitative estimate of drug-likeness (QED) is 0.577. The minimum absolute atomic E-state index is 0.194. The Bertz CT molecular complexity index is 1100. The predicted octanol–water partition coefficient (Wildman–Crippen LogP) is 3.97. The van der Waals surface area contributed by atoms with Crippen molar-refractivity contribution in [1.82, 2.24) is 24.7 Å². The predicted molar refractivity (Wildman–Crippen MR) is 96.7 cm³/mol. The van der Waals surface area contributed by atoms with E-state index in [1.807, 2.05) is 19.1 Å². The molecule has 1 aromatic carbocycles. The fraction of sp³-hybridized carbons (Fsp3) is 0.263. The Morgan fingerprint density at radius 1 is 1.19 bits per heavy atom. The van der Waals surface area contributed by atoms with Crippen LogP contribution < -0.4 is 5.32 Å². The summed E-state index contributed by atoms with van der Waals surface area (Å²) in [5.41, 5.74) is 2.24. The number of fused-ring (bicyclic) bond motifs is 1. The van der Waals surface area contributed by atoms with E-state index in [-0.39, 0.29) is 11.9 Å². The van der Waals surface area contributed by atoms with Crippen LogP contribution in [0.1, 0.15) is 43.4 Å². The first kappa shape index (κ1) is 15.9. The van der Waals surface area contributed by atoms with Gasteiger partial charge in [-0.3, -0.25) is 0 Å². The Morgan fingerprint density at radius 3 is 2.78 bits per heavy atom. The molecule has 3 aromatic heterocycles. The second-order valence-electron chi connectivity index (χ2n) is 6.77. The van der Waals surface area contributed by atoms with Crippen molar-refractivity contribution in [1.29, 1.82) is 0 Å². The lowest BCUT2D eigenvalue weighted by atomic mass is 10.1. The molecule has 136 valence electrons. The van der Waals surface area contributed by atoms with E-state index in [0.717, 1.165) is 35.7 Å². The summed E-state index contributed by atoms with van der Waals surface area (Å²) in [5.74, 6) is 2.22. The minimum atomic E-state index is -0.279. The van der Waals surface area contributed by atoms with E-state index < -0.39 is 0 Å². The zero-order valence-electron chi connectivity index (χ0n) is 14.6. The van der Waals surface area contributed by atoms with Crippen molar-refractivity contribution in [2.24, 2.45) is 0 Å². The summed E-state index contributed by atoms with van der Waals surface area (Å²) in [5, 5.41) is 11.8. The first-order valence-electron chi connectivity index (χ1n) is 8.88. The van der Waals surface area contributed by atoms with E-state index in [4.69, 9.17) is 4.52 Å². The number of hydrogen-bond acceptors (Lipinski definition) is 6. The molecule has 1 aliphatic carbocycles. The molecule has 0 unspecified atom stereocenters. The van der Waals surface area contributed by atoms with Gasteiger partial charge in [0.2, 0.25) is 5.89 Å². The Labute approximate surface area is 154 Å². The Morgan fingerprint density at radius 2 is 2.00 bits per heavy atom. The first-order valence-corrected chi connectivity index (χ1v) is 8.88. The van der Waals surface area contributed by atoms with Gasteiger partial charge in [-0.05, 0) is 44.0 Å². The Balaban J connectivity index is 1.49. The second-order valence-corrected chi connectivity index (χ2v) is 6.77. The Hall–Kier alpha value is -3.29. The van der Waals surface area contributed by atoms with E-state index in [1.165, 1.54) is 12.1 Å². The van der Waals surface area contributed by atoms with Gasteiger partial charge in [-0.25, -0.2) is 9.37 Å². The normalized spacial score (nSPS) is 15.2. The van der Waals surface area contributed by atoms with Crippen LogP contribution in [0.25, 0.3) is 16.9 Å². The highest BCUT2D eigenvalue weighted by molar-refractivity contribution is 5.66. The van der Waals surface area contributed by atoms with Crippen molar-refractivity contribution in [2.75, 3.05) is 5.32 Å². The number of nitrogens with one attached hydrogen (secondary N) is 1. The molecule has 0 aliphatic heterocycles. The average Bonchev–Trinajstić information content (AvgIpc) is 3.20. The van der Waals surface area contributed by atoms with Gasteiger partial charge in [-0.2, -0.15) is 14.6 Å². The molecule has 5 rings (SSSR count). The third-order valence-corrected chi connectivity index (χ3v) is 4.63. The third kappa shape index (κ3) is 3.03. The molecular weight excluding hydrogens is 347 g/mol. The van der Waals surface area contributed by atoms with E-state index in [2.05, 4.69) is 25.5 Å². The van der Waals surface area contributed by atoms with Crippen LogP contribution in [0.5, 0.6) is 0 Å². The summed E-state index contributed by atoms with van der Waals surface area (Å²) in [6.45, 7) is 1.96. The van der Waals surface area contributed by atoms with E-state index in [9.17, 15) is 4.39 Å². The Kier molecular flexibility index (Phi) is 3.63. The van der Waals surface area contributed by atoms with Gasteiger partial charge in [0.25, 0.3) is 0 Å². The molecule has 1 atom stereocenters. The van der Waals surface area contributed by atoms with Crippen LogP contribution in [0.3, 0.4) is 0 Å². The maximum absolute atomic E-state index is 13.2. The zero-order chi connectivity index (χ0) is 18.4. The summed E-state index contributed by atoms with van der Waals surface area (Å²) in [7, 11) is 0. The van der Waals surface area contributed by atoms with Gasteiger partial charge in [0.05, 0.1) is 11.9 Å². The van der Waals surface area contributed by atoms with Crippen LogP contribution in [0.15, 0.2) is 47.1 Å². The number of benzene rings is 1. The molecule has 27 heavy (non-hydrogen) atoms. The fourth-order valence-electron chi connectivity index (χ4n) is 3.00. The summed E-state index contributed by atoms with van der Waals surface area (Å²) in [4.78, 5) is 9.10. The molecule has 3 heterocycles. The molecule has 1 saturated carbocycles. The maximum Gasteiger partial charge on any atom is 0.248 e. The van der Waals surface area contributed by atoms with Crippen molar-refractivity contribution >= 4 is 11.5 Å². The molecular formula is C19H17FN6O. The van der Waals surface area contributed by atoms with Gasteiger partial charge in [-0.1, -0.05) is 5.16 Å². The second kappa shape index (κ2) is 6.15. The van der Waals surface area contributed by atoms with E-state index in [0.29, 0.717) is 17.5 Å². The summed E-state index contributed by atoms with van der Waals surface area (Å²) in [6.07, 6.45) is 3.94. The number of hydrogen-bond donors (Lipinski definition) is 1. The van der Waals surface area contributed by atoms with Gasteiger partial charge < -0.3 is 9.84 Å². The fourth-order valence-corrected chi connectivity index (χ4v) is 3.00. The number of nitrogens with zero attached hydrogens (tertiary/aromatic N) is 5. The molecule has 4 aromatic rings. The van der Waals surface area contributed by atoms with Gasteiger partial charge in [0.1, 0.15) is 17.7 Å². The van der Waals surface area contributed by atoms with Crippen molar-refractivity contribution in [3.8, 4) is 11.3 Å². The highest BCUT2D eigenvalue weighted by Gasteiger charge is 2.29. The lowest BCUT2D eigenvalue weighted by Gasteiger charge is -2.14. The van der Waals surface area contributed by atoms with Crippen LogP contribution >= 0.6 is 0 Å². The monoisotopic (exact) mass is 364 g/mol. The molecule has 1 N–H and O–H groups in total. The maximum atomic E-state index is 13.2. The molecule has 0 saturated heterocycles. The molecule has 1 aliphatic rings. The summed E-state index contributed by atoms with van der Waals surface area (Å²) >= 11 is 0. The zero-order valence-corrected chi connectivity index (χ0v) is 14.6. The molecule has 1 fully saturated rings.